The first kappa shape index (κ1) is 24.3. The minimum absolute atomic E-state index is 0.0604. The second-order valence-electron chi connectivity index (χ2n) is 10.3. The number of anilines is 2. The van der Waals surface area contributed by atoms with Crippen LogP contribution in [-0.2, 0) is 11.3 Å². The van der Waals surface area contributed by atoms with Crippen LogP contribution in [0.15, 0.2) is 49.1 Å². The highest BCUT2D eigenvalue weighted by Gasteiger charge is 2.26. The van der Waals surface area contributed by atoms with Gasteiger partial charge in [-0.25, -0.2) is 4.98 Å². The molecule has 1 aliphatic rings. The molecule has 1 N–H and O–H groups in total. The molecule has 5 heterocycles. The van der Waals surface area contributed by atoms with Gasteiger partial charge in [0.15, 0.2) is 5.82 Å². The highest BCUT2D eigenvalue weighted by Crippen LogP contribution is 2.24. The van der Waals surface area contributed by atoms with Crippen molar-refractivity contribution in [1.29, 1.82) is 0 Å². The molecule has 0 saturated carbocycles. The third-order valence-electron chi connectivity index (χ3n) is 6.47. The van der Waals surface area contributed by atoms with E-state index < -0.39 is 0 Å². The van der Waals surface area contributed by atoms with Crippen molar-refractivity contribution in [2.75, 3.05) is 31.6 Å². The fourth-order valence-corrected chi connectivity index (χ4v) is 4.52. The van der Waals surface area contributed by atoms with Crippen molar-refractivity contribution in [1.82, 2.24) is 34.8 Å². The van der Waals surface area contributed by atoms with Gasteiger partial charge in [0.2, 0.25) is 0 Å². The van der Waals surface area contributed by atoms with E-state index >= 15 is 0 Å². The second kappa shape index (κ2) is 10.3. The van der Waals surface area contributed by atoms with Gasteiger partial charge in [-0.2, -0.15) is 10.2 Å². The SMILES string of the molecule is CC(C)c1cnnc(Nc2ccc3ncc(-c4cnn(CCCN5CCOC(C)(C)C5)c4)cc3n2)c1. The Hall–Kier alpha value is -3.43. The van der Waals surface area contributed by atoms with Crippen LogP contribution in [-0.4, -0.2) is 66.7 Å². The maximum absolute atomic E-state index is 5.81. The molecule has 188 valence electrons. The zero-order chi connectivity index (χ0) is 25.1. The van der Waals surface area contributed by atoms with Crippen molar-refractivity contribution in [3.8, 4) is 11.1 Å². The van der Waals surface area contributed by atoms with Crippen molar-refractivity contribution in [2.45, 2.75) is 52.2 Å². The average Bonchev–Trinajstić information content (AvgIpc) is 3.32. The zero-order valence-electron chi connectivity index (χ0n) is 21.5. The molecule has 1 fully saturated rings. The Morgan fingerprint density at radius 3 is 2.75 bits per heavy atom. The van der Waals surface area contributed by atoms with Gasteiger partial charge in [0, 0.05) is 49.7 Å². The summed E-state index contributed by atoms with van der Waals surface area (Å²) in [5.41, 5.74) is 4.75. The second-order valence-corrected chi connectivity index (χ2v) is 10.3. The van der Waals surface area contributed by atoms with Crippen LogP contribution in [0.4, 0.5) is 11.6 Å². The molecule has 9 heteroatoms. The number of hydrogen-bond donors (Lipinski definition) is 1. The largest absolute Gasteiger partial charge is 0.373 e. The Morgan fingerprint density at radius 1 is 1.03 bits per heavy atom. The fraction of sp³-hybridized carbons (Fsp3) is 0.444. The molecule has 0 unspecified atom stereocenters. The number of pyridine rings is 2. The smallest absolute Gasteiger partial charge is 0.154 e. The van der Waals surface area contributed by atoms with Crippen LogP contribution < -0.4 is 5.32 Å². The molecular weight excluding hydrogens is 452 g/mol. The number of hydrogen-bond acceptors (Lipinski definition) is 8. The molecule has 36 heavy (non-hydrogen) atoms. The highest BCUT2D eigenvalue weighted by atomic mass is 16.5. The maximum atomic E-state index is 5.81. The van der Waals surface area contributed by atoms with Gasteiger partial charge in [0.1, 0.15) is 5.82 Å². The van der Waals surface area contributed by atoms with Gasteiger partial charge < -0.3 is 10.1 Å². The van der Waals surface area contributed by atoms with Crippen molar-refractivity contribution in [2.24, 2.45) is 0 Å². The number of rotatable bonds is 8. The van der Waals surface area contributed by atoms with Crippen LogP contribution in [0.5, 0.6) is 0 Å². The summed E-state index contributed by atoms with van der Waals surface area (Å²) in [6.45, 7) is 13.3. The number of ether oxygens (including phenoxy) is 1. The summed E-state index contributed by atoms with van der Waals surface area (Å²) in [5, 5.41) is 16.1. The third kappa shape index (κ3) is 5.85. The van der Waals surface area contributed by atoms with Gasteiger partial charge in [-0.15, -0.1) is 5.10 Å². The van der Waals surface area contributed by atoms with E-state index in [2.05, 4.69) is 70.5 Å². The number of nitrogens with one attached hydrogen (secondary N) is 1. The third-order valence-corrected chi connectivity index (χ3v) is 6.47. The van der Waals surface area contributed by atoms with E-state index in [0.717, 1.165) is 66.9 Å². The number of aryl methyl sites for hydroxylation is 1. The van der Waals surface area contributed by atoms with Crippen molar-refractivity contribution in [3.05, 3.63) is 54.6 Å². The summed E-state index contributed by atoms with van der Waals surface area (Å²) < 4.78 is 7.82. The lowest BCUT2D eigenvalue weighted by atomic mass is 10.1. The Balaban J connectivity index is 1.25. The first-order chi connectivity index (χ1) is 17.3. The number of morpholine rings is 1. The molecule has 4 aromatic rings. The van der Waals surface area contributed by atoms with E-state index in [1.54, 1.807) is 6.20 Å². The summed E-state index contributed by atoms with van der Waals surface area (Å²) in [7, 11) is 0. The van der Waals surface area contributed by atoms with E-state index in [-0.39, 0.29) is 5.60 Å². The van der Waals surface area contributed by atoms with Crippen molar-refractivity contribution in [3.63, 3.8) is 0 Å². The van der Waals surface area contributed by atoms with Crippen molar-refractivity contribution >= 4 is 22.7 Å². The molecule has 0 aliphatic carbocycles. The molecule has 0 radical (unpaired) electrons. The van der Waals surface area contributed by atoms with Crippen LogP contribution in [0.2, 0.25) is 0 Å². The molecule has 0 amide bonds. The molecule has 1 aliphatic heterocycles. The molecule has 0 spiro atoms. The Labute approximate surface area is 211 Å². The van der Waals surface area contributed by atoms with Gasteiger partial charge >= 0.3 is 0 Å². The molecule has 5 rings (SSSR count). The average molecular weight is 487 g/mol. The first-order valence-electron chi connectivity index (χ1n) is 12.6. The normalized spacial score (nSPS) is 16.0. The van der Waals surface area contributed by atoms with Gasteiger partial charge in [-0.05, 0) is 56.0 Å². The van der Waals surface area contributed by atoms with E-state index in [4.69, 9.17) is 9.72 Å². The predicted octanol–water partition coefficient (Wildman–Crippen LogP) is 4.65. The summed E-state index contributed by atoms with van der Waals surface area (Å²) in [4.78, 5) is 11.9. The summed E-state index contributed by atoms with van der Waals surface area (Å²) in [6, 6.07) is 7.93. The molecule has 0 aromatic carbocycles. The standard InChI is InChI=1S/C27H34N8O/c1-19(2)20-13-26(33-29-15-20)32-25-7-6-23-24(31-25)12-21(14-28-23)22-16-30-35(17-22)9-5-8-34-10-11-36-27(3,4)18-34/h6-7,12-17,19H,5,8-11,18H2,1-4H3,(H,31,32,33). The Kier molecular flexibility index (Phi) is 6.93. The van der Waals surface area contributed by atoms with Crippen LogP contribution in [0, 0.1) is 0 Å². The van der Waals surface area contributed by atoms with Crippen LogP contribution in [0.25, 0.3) is 22.2 Å². The molecule has 0 atom stereocenters. The van der Waals surface area contributed by atoms with Gasteiger partial charge in [0.05, 0.1) is 35.6 Å². The van der Waals surface area contributed by atoms with E-state index in [1.807, 2.05) is 35.3 Å². The fourth-order valence-electron chi connectivity index (χ4n) is 4.52. The molecule has 1 saturated heterocycles. The lowest BCUT2D eigenvalue weighted by Crippen LogP contribution is -2.48. The monoisotopic (exact) mass is 486 g/mol. The summed E-state index contributed by atoms with van der Waals surface area (Å²) in [6.07, 6.45) is 8.71. The maximum Gasteiger partial charge on any atom is 0.154 e. The van der Waals surface area contributed by atoms with Crippen LogP contribution in [0.1, 0.15) is 45.6 Å². The number of nitrogens with zero attached hydrogens (tertiary/aromatic N) is 7. The van der Waals surface area contributed by atoms with Crippen LogP contribution >= 0.6 is 0 Å². The van der Waals surface area contributed by atoms with E-state index in [1.165, 1.54) is 0 Å². The van der Waals surface area contributed by atoms with Gasteiger partial charge in [-0.1, -0.05) is 13.8 Å². The number of fused-ring (bicyclic) bond motifs is 1. The number of aromatic nitrogens is 6. The topological polar surface area (TPSA) is 93.9 Å². The quantitative estimate of drug-likeness (QED) is 0.385. The Bertz CT molecular complexity index is 1330. The highest BCUT2D eigenvalue weighted by molar-refractivity contribution is 5.81. The van der Waals surface area contributed by atoms with Gasteiger partial charge in [-0.3, -0.25) is 14.6 Å². The predicted molar refractivity (Wildman–Crippen MR) is 141 cm³/mol. The van der Waals surface area contributed by atoms with Gasteiger partial charge in [0.25, 0.3) is 0 Å². The summed E-state index contributed by atoms with van der Waals surface area (Å²) in [5.74, 6) is 1.77. The molecule has 4 aromatic heterocycles. The minimum Gasteiger partial charge on any atom is -0.373 e. The minimum atomic E-state index is -0.0604. The molecule has 9 nitrogen and oxygen atoms in total. The van der Waals surface area contributed by atoms with E-state index in [9.17, 15) is 0 Å². The zero-order valence-corrected chi connectivity index (χ0v) is 21.5. The molecule has 0 bridgehead atoms. The van der Waals surface area contributed by atoms with Crippen molar-refractivity contribution < 1.29 is 4.74 Å². The molecular formula is C27H34N8O. The first-order valence-corrected chi connectivity index (χ1v) is 12.6. The van der Waals surface area contributed by atoms with Crippen LogP contribution in [0.3, 0.4) is 0 Å². The van der Waals surface area contributed by atoms with E-state index in [0.29, 0.717) is 17.6 Å². The Morgan fingerprint density at radius 2 is 1.92 bits per heavy atom. The summed E-state index contributed by atoms with van der Waals surface area (Å²) >= 11 is 0. The lowest BCUT2D eigenvalue weighted by Gasteiger charge is -2.38. The lowest BCUT2D eigenvalue weighted by molar-refractivity contribution is -0.0862.